The minimum atomic E-state index is 0.407. The lowest BCUT2D eigenvalue weighted by molar-refractivity contribution is 0.415. The Bertz CT molecular complexity index is 389. The predicted octanol–water partition coefficient (Wildman–Crippen LogP) is 4.06. The highest BCUT2D eigenvalue weighted by Gasteiger charge is 2.08. The van der Waals surface area contributed by atoms with Crippen molar-refractivity contribution in [2.75, 3.05) is 12.9 Å². The molecule has 1 rings (SSSR count). The monoisotopic (exact) mass is 255 g/mol. The largest absolute Gasteiger partial charge is 0.495 e. The van der Waals surface area contributed by atoms with Crippen LogP contribution in [0.15, 0.2) is 18.2 Å². The number of nitriles is 1. The summed E-state index contributed by atoms with van der Waals surface area (Å²) in [4.78, 5) is 0. The van der Waals surface area contributed by atoms with Crippen molar-refractivity contribution < 1.29 is 4.74 Å². The number of rotatable bonds is 5. The predicted molar refractivity (Wildman–Crippen MR) is 69.1 cm³/mol. The van der Waals surface area contributed by atoms with E-state index in [9.17, 15) is 0 Å². The van der Waals surface area contributed by atoms with Gasteiger partial charge in [0, 0.05) is 5.75 Å². The first-order valence-electron chi connectivity index (χ1n) is 5.03. The molecule has 0 aliphatic carbocycles. The van der Waals surface area contributed by atoms with Crippen molar-refractivity contribution in [2.45, 2.75) is 19.3 Å². The van der Waals surface area contributed by atoms with Crippen LogP contribution in [-0.2, 0) is 0 Å². The first-order valence-corrected chi connectivity index (χ1v) is 6.39. The summed E-state index contributed by atoms with van der Waals surface area (Å²) >= 11 is 7.34. The van der Waals surface area contributed by atoms with Gasteiger partial charge in [-0.3, -0.25) is 0 Å². The van der Waals surface area contributed by atoms with Crippen molar-refractivity contribution in [2.24, 2.45) is 0 Å². The minimum Gasteiger partial charge on any atom is -0.495 e. The Labute approximate surface area is 106 Å². The van der Waals surface area contributed by atoms with Crippen molar-refractivity contribution >= 4 is 23.4 Å². The summed E-state index contributed by atoms with van der Waals surface area (Å²) in [6.45, 7) is 2.13. The highest BCUT2D eigenvalue weighted by molar-refractivity contribution is 8.03. The molecular formula is C12H14ClNOS. The van der Waals surface area contributed by atoms with E-state index in [0.717, 1.165) is 12.2 Å². The van der Waals surface area contributed by atoms with Gasteiger partial charge in [0.2, 0.25) is 0 Å². The van der Waals surface area contributed by atoms with E-state index in [4.69, 9.17) is 21.6 Å². The Morgan fingerprint density at radius 3 is 2.88 bits per heavy atom. The van der Waals surface area contributed by atoms with Gasteiger partial charge in [-0.25, -0.2) is 0 Å². The van der Waals surface area contributed by atoms with Gasteiger partial charge in [0.25, 0.3) is 0 Å². The molecule has 0 aliphatic heterocycles. The molecule has 0 radical (unpaired) electrons. The van der Waals surface area contributed by atoms with Crippen LogP contribution in [0.25, 0.3) is 0 Å². The third kappa shape index (κ3) is 3.62. The summed E-state index contributed by atoms with van der Waals surface area (Å²) in [6.07, 6.45) is 0.973. The molecular weight excluding hydrogens is 242 g/mol. The van der Waals surface area contributed by atoms with Gasteiger partial charge in [-0.1, -0.05) is 24.6 Å². The van der Waals surface area contributed by atoms with Crippen molar-refractivity contribution in [1.82, 2.24) is 0 Å². The number of hydrogen-bond acceptors (Lipinski definition) is 3. The van der Waals surface area contributed by atoms with Gasteiger partial charge in [-0.15, -0.1) is 0 Å². The Hall–Kier alpha value is -0.850. The van der Waals surface area contributed by atoms with Crippen LogP contribution < -0.4 is 4.74 Å². The van der Waals surface area contributed by atoms with Gasteiger partial charge in [0.05, 0.1) is 12.1 Å². The minimum absolute atomic E-state index is 0.407. The van der Waals surface area contributed by atoms with Gasteiger partial charge in [-0.05, 0) is 41.8 Å². The maximum absolute atomic E-state index is 8.44. The van der Waals surface area contributed by atoms with Crippen LogP contribution in [0, 0.1) is 10.7 Å². The Balaban J connectivity index is 2.66. The number of methoxy groups -OCH3 is 1. The van der Waals surface area contributed by atoms with E-state index in [2.05, 4.69) is 12.3 Å². The zero-order valence-electron chi connectivity index (χ0n) is 9.37. The summed E-state index contributed by atoms with van der Waals surface area (Å²) in [5, 5.41) is 11.2. The lowest BCUT2D eigenvalue weighted by Crippen LogP contribution is -1.96. The molecule has 4 heteroatoms. The number of benzene rings is 1. The zero-order valence-corrected chi connectivity index (χ0v) is 10.9. The van der Waals surface area contributed by atoms with E-state index in [1.165, 1.54) is 17.3 Å². The molecule has 0 amide bonds. The van der Waals surface area contributed by atoms with Crippen LogP contribution in [0.3, 0.4) is 0 Å². The fourth-order valence-corrected chi connectivity index (χ4v) is 2.27. The Kier molecular flexibility index (Phi) is 5.51. The topological polar surface area (TPSA) is 33.0 Å². The van der Waals surface area contributed by atoms with E-state index in [1.807, 2.05) is 18.2 Å². The fraction of sp³-hybridized carbons (Fsp3) is 0.417. The molecule has 1 atom stereocenters. The maximum Gasteiger partial charge on any atom is 0.137 e. The molecule has 0 heterocycles. The number of ether oxygens (including phenoxy) is 1. The molecule has 1 unspecified atom stereocenters. The van der Waals surface area contributed by atoms with E-state index >= 15 is 0 Å². The average molecular weight is 256 g/mol. The number of halogens is 1. The van der Waals surface area contributed by atoms with E-state index in [0.29, 0.717) is 16.7 Å². The molecule has 0 saturated carbocycles. The quantitative estimate of drug-likeness (QED) is 0.588. The smallest absolute Gasteiger partial charge is 0.137 e. The first kappa shape index (κ1) is 13.2. The summed E-state index contributed by atoms with van der Waals surface area (Å²) in [5.74, 6) is 1.95. The van der Waals surface area contributed by atoms with Crippen molar-refractivity contribution in [3.05, 3.63) is 28.8 Å². The van der Waals surface area contributed by atoms with Crippen molar-refractivity contribution in [1.29, 1.82) is 5.26 Å². The molecule has 1 aromatic carbocycles. The molecule has 16 heavy (non-hydrogen) atoms. The first-order chi connectivity index (χ1) is 7.69. The van der Waals surface area contributed by atoms with Gasteiger partial charge in [0.1, 0.15) is 11.2 Å². The third-order valence-corrected chi connectivity index (χ3v) is 3.33. The summed E-state index contributed by atoms with van der Waals surface area (Å²) in [7, 11) is 1.61. The summed E-state index contributed by atoms with van der Waals surface area (Å²) in [5.41, 5.74) is 1.18. The lowest BCUT2D eigenvalue weighted by atomic mass is 9.99. The van der Waals surface area contributed by atoms with Crippen LogP contribution in [0.5, 0.6) is 5.75 Å². The number of thioether (sulfide) groups is 1. The Morgan fingerprint density at radius 2 is 2.31 bits per heavy atom. The highest BCUT2D eigenvalue weighted by Crippen LogP contribution is 2.29. The maximum atomic E-state index is 8.44. The lowest BCUT2D eigenvalue weighted by Gasteiger charge is -2.12. The van der Waals surface area contributed by atoms with Crippen LogP contribution in [0.1, 0.15) is 24.8 Å². The molecule has 0 spiro atoms. The van der Waals surface area contributed by atoms with E-state index in [-0.39, 0.29) is 0 Å². The Morgan fingerprint density at radius 1 is 1.56 bits per heavy atom. The molecule has 0 aromatic heterocycles. The fourth-order valence-electron chi connectivity index (χ4n) is 1.44. The molecule has 2 nitrogen and oxygen atoms in total. The van der Waals surface area contributed by atoms with E-state index in [1.54, 1.807) is 7.11 Å². The van der Waals surface area contributed by atoms with Crippen LogP contribution in [0.2, 0.25) is 5.02 Å². The highest BCUT2D eigenvalue weighted by atomic mass is 35.5. The molecule has 0 fully saturated rings. The number of hydrogen-bond donors (Lipinski definition) is 0. The van der Waals surface area contributed by atoms with Gasteiger partial charge in [-0.2, -0.15) is 5.26 Å². The average Bonchev–Trinajstić information content (AvgIpc) is 2.29. The summed E-state index contributed by atoms with van der Waals surface area (Å²) < 4.78 is 5.10. The van der Waals surface area contributed by atoms with Crippen LogP contribution in [-0.4, -0.2) is 12.9 Å². The SMILES string of the molecule is COc1ccc(C(C)CCSC#N)cc1Cl. The number of nitrogens with zero attached hydrogens (tertiary/aromatic N) is 1. The van der Waals surface area contributed by atoms with Gasteiger partial charge in [0.15, 0.2) is 0 Å². The van der Waals surface area contributed by atoms with Crippen molar-refractivity contribution in [3.8, 4) is 11.2 Å². The standard InChI is InChI=1S/C12H14ClNOS/c1-9(5-6-16-8-14)10-3-4-12(15-2)11(13)7-10/h3-4,7,9H,5-6H2,1-2H3. The zero-order chi connectivity index (χ0) is 12.0. The molecule has 86 valence electrons. The molecule has 0 saturated heterocycles. The molecule has 0 N–H and O–H groups in total. The molecule has 0 bridgehead atoms. The van der Waals surface area contributed by atoms with Crippen LogP contribution >= 0.6 is 23.4 Å². The van der Waals surface area contributed by atoms with Crippen molar-refractivity contribution in [3.63, 3.8) is 0 Å². The van der Waals surface area contributed by atoms with Gasteiger partial charge < -0.3 is 4.74 Å². The van der Waals surface area contributed by atoms with Crippen LogP contribution in [0.4, 0.5) is 0 Å². The van der Waals surface area contributed by atoms with Gasteiger partial charge >= 0.3 is 0 Å². The molecule has 1 aromatic rings. The number of thiocyanates is 1. The second kappa shape index (κ2) is 6.67. The normalized spacial score (nSPS) is 11.9. The molecule has 0 aliphatic rings. The second-order valence-electron chi connectivity index (χ2n) is 3.52. The second-order valence-corrected chi connectivity index (χ2v) is 4.81. The third-order valence-electron chi connectivity index (χ3n) is 2.46. The summed E-state index contributed by atoms with van der Waals surface area (Å²) in [6, 6.07) is 5.83. The van der Waals surface area contributed by atoms with E-state index < -0.39 is 0 Å².